The summed E-state index contributed by atoms with van der Waals surface area (Å²) >= 11 is 5.45. The summed E-state index contributed by atoms with van der Waals surface area (Å²) in [5.41, 5.74) is 0.850. The first kappa shape index (κ1) is 14.8. The number of aliphatic hydroxyl groups excluding tert-OH is 2. The lowest BCUT2D eigenvalue weighted by molar-refractivity contribution is 0.101. The molecule has 7 heteroatoms. The van der Waals surface area contributed by atoms with Gasteiger partial charge in [0.15, 0.2) is 0 Å². The van der Waals surface area contributed by atoms with E-state index in [1.165, 1.54) is 22.4 Å². The highest BCUT2D eigenvalue weighted by Gasteiger charge is 2.37. The van der Waals surface area contributed by atoms with Gasteiger partial charge in [-0.05, 0) is 18.1 Å². The molecule has 1 saturated carbocycles. The van der Waals surface area contributed by atoms with Crippen molar-refractivity contribution in [3.8, 4) is 0 Å². The molecule has 0 saturated heterocycles. The van der Waals surface area contributed by atoms with E-state index in [4.69, 9.17) is 11.6 Å². The quantitative estimate of drug-likeness (QED) is 0.696. The Morgan fingerprint density at radius 1 is 1.55 bits per heavy atom. The topological polar surface area (TPSA) is 95.3 Å². The maximum atomic E-state index is 11.9. The summed E-state index contributed by atoms with van der Waals surface area (Å²) in [7, 11) is 0. The van der Waals surface area contributed by atoms with Gasteiger partial charge in [-0.3, -0.25) is 14.3 Å². The fourth-order valence-corrected chi connectivity index (χ4v) is 2.62. The molecule has 108 valence electrons. The van der Waals surface area contributed by atoms with Crippen LogP contribution in [0.2, 0.25) is 0 Å². The zero-order valence-electron chi connectivity index (χ0n) is 10.6. The Labute approximate surface area is 119 Å². The number of rotatable bonds is 3. The third-order valence-electron chi connectivity index (χ3n) is 3.60. The second-order valence-electron chi connectivity index (χ2n) is 4.73. The van der Waals surface area contributed by atoms with Gasteiger partial charge in [-0.1, -0.05) is 18.2 Å². The zero-order chi connectivity index (χ0) is 14.9. The lowest BCUT2D eigenvalue weighted by atomic mass is 10.0. The average Bonchev–Trinajstić information content (AvgIpc) is 2.68. The Bertz CT molecular complexity index is 661. The number of hydrogen-bond donors (Lipinski definition) is 3. The highest BCUT2D eigenvalue weighted by Crippen LogP contribution is 2.37. The summed E-state index contributed by atoms with van der Waals surface area (Å²) in [4.78, 5) is 25.7. The van der Waals surface area contributed by atoms with Crippen molar-refractivity contribution in [3.05, 3.63) is 50.3 Å². The Morgan fingerprint density at radius 2 is 2.25 bits per heavy atom. The lowest BCUT2D eigenvalue weighted by Crippen LogP contribution is -2.33. The molecule has 1 aliphatic carbocycles. The summed E-state index contributed by atoms with van der Waals surface area (Å²) < 4.78 is 1.30. The van der Waals surface area contributed by atoms with Gasteiger partial charge in [0.05, 0.1) is 24.3 Å². The van der Waals surface area contributed by atoms with Gasteiger partial charge in [0.1, 0.15) is 0 Å². The van der Waals surface area contributed by atoms with Gasteiger partial charge in [0.25, 0.3) is 5.56 Å². The summed E-state index contributed by atoms with van der Waals surface area (Å²) in [6, 6.07) is -0.464. The second-order valence-corrected chi connectivity index (χ2v) is 4.98. The van der Waals surface area contributed by atoms with Crippen LogP contribution in [0.5, 0.6) is 0 Å². The lowest BCUT2D eigenvalue weighted by Gasteiger charge is -2.16. The summed E-state index contributed by atoms with van der Waals surface area (Å²) in [5, 5.41) is 19.1. The second kappa shape index (κ2) is 5.78. The first-order valence-electron chi connectivity index (χ1n) is 6.09. The molecule has 1 aliphatic rings. The van der Waals surface area contributed by atoms with E-state index in [1.54, 1.807) is 0 Å². The maximum Gasteiger partial charge on any atom is 0.328 e. The maximum absolute atomic E-state index is 11.9. The van der Waals surface area contributed by atoms with E-state index in [0.29, 0.717) is 5.57 Å². The summed E-state index contributed by atoms with van der Waals surface area (Å²) in [6.45, 7) is 3.60. The van der Waals surface area contributed by atoms with Crippen molar-refractivity contribution < 1.29 is 10.2 Å². The number of halogens is 1. The van der Waals surface area contributed by atoms with E-state index < -0.39 is 29.3 Å². The van der Waals surface area contributed by atoms with Crippen molar-refractivity contribution in [2.45, 2.75) is 18.6 Å². The Hall–Kier alpha value is -1.63. The van der Waals surface area contributed by atoms with Crippen LogP contribution in [0.15, 0.2) is 33.5 Å². The highest BCUT2D eigenvalue weighted by atomic mass is 35.5. The largest absolute Gasteiger partial charge is 0.396 e. The van der Waals surface area contributed by atoms with Gasteiger partial charge in [0.2, 0.25) is 0 Å². The minimum absolute atomic E-state index is 0.231. The van der Waals surface area contributed by atoms with E-state index in [9.17, 15) is 19.8 Å². The number of aromatic amines is 1. The molecule has 6 nitrogen and oxygen atoms in total. The number of hydrogen-bond acceptors (Lipinski definition) is 4. The monoisotopic (exact) mass is 298 g/mol. The molecule has 0 aromatic carbocycles. The van der Waals surface area contributed by atoms with Gasteiger partial charge in [-0.15, -0.1) is 0 Å². The summed E-state index contributed by atoms with van der Waals surface area (Å²) in [5.74, 6) is -0.467. The van der Waals surface area contributed by atoms with Crippen LogP contribution in [0.25, 0.3) is 6.08 Å². The van der Waals surface area contributed by atoms with Gasteiger partial charge in [0, 0.05) is 17.6 Å². The normalized spacial score (nSPS) is 26.6. The van der Waals surface area contributed by atoms with Crippen LogP contribution in [0.3, 0.4) is 0 Å². The first-order chi connectivity index (χ1) is 9.49. The van der Waals surface area contributed by atoms with Crippen molar-refractivity contribution in [2.75, 3.05) is 6.61 Å². The molecule has 3 unspecified atom stereocenters. The molecule has 0 bridgehead atoms. The minimum Gasteiger partial charge on any atom is -0.396 e. The van der Waals surface area contributed by atoms with Gasteiger partial charge in [-0.25, -0.2) is 4.79 Å². The fraction of sp³-hybridized carbons (Fsp3) is 0.385. The van der Waals surface area contributed by atoms with Crippen molar-refractivity contribution in [2.24, 2.45) is 5.92 Å². The third kappa shape index (κ3) is 2.49. The van der Waals surface area contributed by atoms with Crippen LogP contribution >= 0.6 is 11.6 Å². The van der Waals surface area contributed by atoms with E-state index >= 15 is 0 Å². The van der Waals surface area contributed by atoms with E-state index in [1.807, 2.05) is 0 Å². The van der Waals surface area contributed by atoms with Crippen molar-refractivity contribution in [3.63, 3.8) is 0 Å². The molecule has 0 radical (unpaired) electrons. The van der Waals surface area contributed by atoms with Crippen LogP contribution in [-0.2, 0) is 0 Å². The SMILES string of the molecule is C=C1C(CO)C(O)CC1n1cc(C=CCl)c(=O)[nH]c1=O. The highest BCUT2D eigenvalue weighted by molar-refractivity contribution is 6.27. The smallest absolute Gasteiger partial charge is 0.328 e. The molecule has 2 rings (SSSR count). The van der Waals surface area contributed by atoms with Crippen molar-refractivity contribution in [1.29, 1.82) is 0 Å². The minimum atomic E-state index is -0.761. The molecular formula is C13H15ClN2O4. The molecule has 3 atom stereocenters. The van der Waals surface area contributed by atoms with Crippen LogP contribution in [0.4, 0.5) is 0 Å². The van der Waals surface area contributed by atoms with Crippen LogP contribution in [-0.4, -0.2) is 32.5 Å². The molecule has 0 amide bonds. The molecular weight excluding hydrogens is 284 g/mol. The molecule has 1 aromatic rings. The molecule has 3 N–H and O–H groups in total. The Balaban J connectivity index is 2.49. The zero-order valence-corrected chi connectivity index (χ0v) is 11.4. The molecule has 1 fully saturated rings. The standard InChI is InChI=1S/C13H15ClN2O4/c1-7-9(6-17)11(18)4-10(7)16-5-8(2-3-14)12(19)15-13(16)20/h2-3,5,9-11,17-18H,1,4,6H2,(H,15,19,20). The first-order valence-corrected chi connectivity index (χ1v) is 6.53. The van der Waals surface area contributed by atoms with E-state index in [2.05, 4.69) is 11.6 Å². The van der Waals surface area contributed by atoms with Crippen LogP contribution in [0, 0.1) is 5.92 Å². The molecule has 0 aliphatic heterocycles. The third-order valence-corrected chi connectivity index (χ3v) is 3.73. The number of aromatic nitrogens is 2. The van der Waals surface area contributed by atoms with E-state index in [0.717, 1.165) is 0 Å². The van der Waals surface area contributed by atoms with E-state index in [-0.39, 0.29) is 18.6 Å². The number of nitrogens with one attached hydrogen (secondary N) is 1. The van der Waals surface area contributed by atoms with Gasteiger partial charge in [-0.2, -0.15) is 0 Å². The van der Waals surface area contributed by atoms with Gasteiger partial charge < -0.3 is 10.2 Å². The van der Waals surface area contributed by atoms with Crippen LogP contribution in [0.1, 0.15) is 18.0 Å². The Morgan fingerprint density at radius 3 is 2.80 bits per heavy atom. The number of nitrogens with zero attached hydrogens (tertiary/aromatic N) is 1. The molecule has 0 spiro atoms. The summed E-state index contributed by atoms with van der Waals surface area (Å²) in [6.07, 6.45) is 2.25. The molecule has 1 aromatic heterocycles. The van der Waals surface area contributed by atoms with Crippen molar-refractivity contribution in [1.82, 2.24) is 9.55 Å². The predicted octanol–water partition coefficient (Wildman–Crippen LogP) is 0.216. The number of aliphatic hydroxyl groups is 2. The average molecular weight is 299 g/mol. The Kier molecular flexibility index (Phi) is 4.27. The molecule has 20 heavy (non-hydrogen) atoms. The van der Waals surface area contributed by atoms with Gasteiger partial charge >= 0.3 is 5.69 Å². The fourth-order valence-electron chi connectivity index (χ4n) is 2.49. The predicted molar refractivity (Wildman–Crippen MR) is 75.6 cm³/mol. The van der Waals surface area contributed by atoms with Crippen LogP contribution < -0.4 is 11.2 Å². The number of H-pyrrole nitrogens is 1. The molecule has 1 heterocycles. The van der Waals surface area contributed by atoms with Crippen molar-refractivity contribution >= 4 is 17.7 Å².